The Balaban J connectivity index is 1.55. The van der Waals surface area contributed by atoms with Crippen molar-refractivity contribution in [2.45, 2.75) is 31.8 Å². The van der Waals surface area contributed by atoms with Crippen molar-refractivity contribution in [3.63, 3.8) is 0 Å². The number of amides is 1. The third-order valence-corrected chi connectivity index (χ3v) is 4.42. The first-order valence-corrected chi connectivity index (χ1v) is 7.47. The topological polar surface area (TPSA) is 64.8 Å². The van der Waals surface area contributed by atoms with E-state index in [9.17, 15) is 4.79 Å². The van der Waals surface area contributed by atoms with Crippen molar-refractivity contribution >= 4 is 5.91 Å². The van der Waals surface area contributed by atoms with Crippen LogP contribution in [0.3, 0.4) is 0 Å². The second kappa shape index (κ2) is 5.77. The number of likely N-dealkylation sites (tertiary alicyclic amines) is 1. The van der Waals surface area contributed by atoms with Gasteiger partial charge in [-0.05, 0) is 32.1 Å². The van der Waals surface area contributed by atoms with Crippen LogP contribution < -0.4 is 0 Å². The molecule has 2 saturated heterocycles. The van der Waals surface area contributed by atoms with Crippen LogP contribution in [-0.2, 0) is 9.47 Å². The Morgan fingerprint density at radius 2 is 2.38 bits per heavy atom. The Bertz CT molecular complexity index is 508. The van der Waals surface area contributed by atoms with Crippen molar-refractivity contribution in [3.8, 4) is 0 Å². The maximum Gasteiger partial charge on any atom is 0.276 e. The molecular formula is C15H22N2O4. The largest absolute Gasteiger partial charge is 0.385 e. The van der Waals surface area contributed by atoms with E-state index in [4.69, 9.17) is 14.0 Å². The molecule has 1 atom stereocenters. The van der Waals surface area contributed by atoms with Gasteiger partial charge in [-0.25, -0.2) is 0 Å². The van der Waals surface area contributed by atoms with E-state index in [1.165, 1.54) is 0 Å². The lowest BCUT2D eigenvalue weighted by Crippen LogP contribution is -2.66. The highest BCUT2D eigenvalue weighted by Gasteiger charge is 2.49. The molecule has 3 heterocycles. The number of methoxy groups -OCH3 is 1. The molecule has 0 N–H and O–H groups in total. The van der Waals surface area contributed by atoms with E-state index in [0.29, 0.717) is 30.5 Å². The monoisotopic (exact) mass is 294 g/mol. The zero-order chi connectivity index (χ0) is 14.9. The fourth-order valence-corrected chi connectivity index (χ4v) is 3.30. The number of ether oxygens (including phenoxy) is 2. The molecule has 0 saturated carbocycles. The summed E-state index contributed by atoms with van der Waals surface area (Å²) in [7, 11) is 1.73. The van der Waals surface area contributed by atoms with Gasteiger partial charge in [0.05, 0.1) is 13.1 Å². The van der Waals surface area contributed by atoms with Crippen LogP contribution in [-0.4, -0.2) is 55.0 Å². The van der Waals surface area contributed by atoms with Gasteiger partial charge >= 0.3 is 0 Å². The van der Waals surface area contributed by atoms with Crippen LogP contribution in [0.4, 0.5) is 0 Å². The van der Waals surface area contributed by atoms with Crippen LogP contribution in [0.2, 0.25) is 0 Å². The Labute approximate surface area is 124 Å². The van der Waals surface area contributed by atoms with Gasteiger partial charge in [-0.3, -0.25) is 4.79 Å². The highest BCUT2D eigenvalue weighted by atomic mass is 16.5. The third kappa shape index (κ3) is 2.96. The van der Waals surface area contributed by atoms with Gasteiger partial charge in [-0.2, -0.15) is 0 Å². The molecule has 2 aliphatic rings. The lowest BCUT2D eigenvalue weighted by Gasteiger charge is -2.53. The fraction of sp³-hybridized carbons (Fsp3) is 0.733. The summed E-state index contributed by atoms with van der Waals surface area (Å²) in [5, 5.41) is 3.78. The first-order valence-electron chi connectivity index (χ1n) is 7.47. The van der Waals surface area contributed by atoms with Crippen molar-refractivity contribution in [2.75, 3.05) is 33.4 Å². The Morgan fingerprint density at radius 1 is 1.57 bits per heavy atom. The molecule has 6 heteroatoms. The van der Waals surface area contributed by atoms with Crippen molar-refractivity contribution in [2.24, 2.45) is 5.92 Å². The summed E-state index contributed by atoms with van der Waals surface area (Å²) in [6, 6.07) is 1.68. The summed E-state index contributed by atoms with van der Waals surface area (Å²) in [6.45, 7) is 4.66. The molecule has 1 amide bonds. The van der Waals surface area contributed by atoms with E-state index in [2.05, 4.69) is 5.16 Å². The van der Waals surface area contributed by atoms with Crippen LogP contribution >= 0.6 is 0 Å². The third-order valence-electron chi connectivity index (χ3n) is 4.42. The van der Waals surface area contributed by atoms with Crippen molar-refractivity contribution in [3.05, 3.63) is 17.5 Å². The van der Waals surface area contributed by atoms with Crippen LogP contribution in [0.5, 0.6) is 0 Å². The number of nitrogens with zero attached hydrogens (tertiary/aromatic N) is 2. The first kappa shape index (κ1) is 14.5. The molecular weight excluding hydrogens is 272 g/mol. The number of carbonyl (C=O) groups is 1. The van der Waals surface area contributed by atoms with E-state index >= 15 is 0 Å². The van der Waals surface area contributed by atoms with Gasteiger partial charge < -0.3 is 18.9 Å². The lowest BCUT2D eigenvalue weighted by molar-refractivity contribution is -0.167. The fourth-order valence-electron chi connectivity index (χ4n) is 3.30. The van der Waals surface area contributed by atoms with Gasteiger partial charge in [-0.15, -0.1) is 0 Å². The molecule has 2 aliphatic heterocycles. The summed E-state index contributed by atoms with van der Waals surface area (Å²) < 4.78 is 16.1. The average Bonchev–Trinajstić information content (AvgIpc) is 2.88. The number of carbonyl (C=O) groups excluding carboxylic acids is 1. The number of hydrogen-bond acceptors (Lipinski definition) is 5. The van der Waals surface area contributed by atoms with Gasteiger partial charge in [0.2, 0.25) is 0 Å². The predicted octanol–water partition coefficient (Wildman–Crippen LogP) is 1.64. The second-order valence-corrected chi connectivity index (χ2v) is 6.16. The van der Waals surface area contributed by atoms with Crippen LogP contribution in [0, 0.1) is 12.8 Å². The smallest absolute Gasteiger partial charge is 0.276 e. The Morgan fingerprint density at radius 3 is 3.05 bits per heavy atom. The number of rotatable bonds is 4. The predicted molar refractivity (Wildman–Crippen MR) is 75.0 cm³/mol. The molecule has 0 unspecified atom stereocenters. The van der Waals surface area contributed by atoms with E-state index in [-0.39, 0.29) is 11.5 Å². The minimum Gasteiger partial charge on any atom is -0.385 e. The van der Waals surface area contributed by atoms with Crippen LogP contribution in [0.1, 0.15) is 35.5 Å². The second-order valence-electron chi connectivity index (χ2n) is 6.16. The van der Waals surface area contributed by atoms with Gasteiger partial charge in [-0.1, -0.05) is 5.16 Å². The SMILES string of the molecule is COCC[C@H]1CCOC2(C1)CN(C(=O)c1cc(C)on1)C2. The maximum atomic E-state index is 12.2. The summed E-state index contributed by atoms with van der Waals surface area (Å²) in [4.78, 5) is 14.0. The van der Waals surface area contributed by atoms with Gasteiger partial charge in [0, 0.05) is 26.4 Å². The number of aromatic nitrogens is 1. The van der Waals surface area contributed by atoms with Gasteiger partial charge in [0.15, 0.2) is 5.69 Å². The molecule has 0 radical (unpaired) electrons. The van der Waals surface area contributed by atoms with Crippen LogP contribution in [0.15, 0.2) is 10.6 Å². The molecule has 3 rings (SSSR count). The summed E-state index contributed by atoms with van der Waals surface area (Å²) in [6.07, 6.45) is 3.16. The summed E-state index contributed by atoms with van der Waals surface area (Å²) in [5.41, 5.74) is 0.236. The van der Waals surface area contributed by atoms with Crippen molar-refractivity contribution < 1.29 is 18.8 Å². The molecule has 21 heavy (non-hydrogen) atoms. The zero-order valence-corrected chi connectivity index (χ0v) is 12.6. The first-order chi connectivity index (χ1) is 10.1. The molecule has 2 fully saturated rings. The van der Waals surface area contributed by atoms with E-state index in [0.717, 1.165) is 32.5 Å². The lowest BCUT2D eigenvalue weighted by atomic mass is 9.79. The molecule has 1 aromatic heterocycles. The molecule has 0 bridgehead atoms. The molecule has 1 spiro atoms. The van der Waals surface area contributed by atoms with E-state index in [1.807, 2.05) is 0 Å². The van der Waals surface area contributed by atoms with Crippen molar-refractivity contribution in [1.29, 1.82) is 0 Å². The van der Waals surface area contributed by atoms with Gasteiger partial charge in [0.1, 0.15) is 11.4 Å². The molecule has 6 nitrogen and oxygen atoms in total. The van der Waals surface area contributed by atoms with E-state index < -0.39 is 0 Å². The highest BCUT2D eigenvalue weighted by Crippen LogP contribution is 2.38. The number of aryl methyl sites for hydroxylation is 1. The summed E-state index contributed by atoms with van der Waals surface area (Å²) in [5.74, 6) is 1.22. The quantitative estimate of drug-likeness (QED) is 0.844. The minimum atomic E-state index is -0.148. The zero-order valence-electron chi connectivity index (χ0n) is 12.6. The molecule has 0 aromatic carbocycles. The standard InChI is InChI=1S/C15H22N2O4/c1-11-7-13(16-21-11)14(18)17-9-15(10-17)8-12(3-5-19-2)4-6-20-15/h7,12H,3-6,8-10H2,1-2H3/t12-/m0/s1. The maximum absolute atomic E-state index is 12.2. The van der Waals surface area contributed by atoms with Crippen LogP contribution in [0.25, 0.3) is 0 Å². The van der Waals surface area contributed by atoms with Crippen molar-refractivity contribution in [1.82, 2.24) is 10.1 Å². The highest BCUT2D eigenvalue weighted by molar-refractivity contribution is 5.93. The Hall–Kier alpha value is -1.40. The van der Waals surface area contributed by atoms with E-state index in [1.54, 1.807) is 25.0 Å². The Kier molecular flexibility index (Phi) is 3.99. The normalized spacial score (nSPS) is 24.1. The molecule has 1 aromatic rings. The number of hydrogen-bond donors (Lipinski definition) is 0. The average molecular weight is 294 g/mol. The molecule has 0 aliphatic carbocycles. The molecule has 116 valence electrons. The summed E-state index contributed by atoms with van der Waals surface area (Å²) >= 11 is 0. The minimum absolute atomic E-state index is 0.0694. The van der Waals surface area contributed by atoms with Gasteiger partial charge in [0.25, 0.3) is 5.91 Å².